The largest absolute Gasteiger partial charge is 0.481 e. The molecule has 0 atom stereocenters. The van der Waals surface area contributed by atoms with Crippen LogP contribution in [0.5, 0.6) is 0 Å². The molecule has 0 aliphatic carbocycles. The number of benzene rings is 3. The third kappa shape index (κ3) is 6.76. The minimum atomic E-state index is -0.815. The third-order valence-electron chi connectivity index (χ3n) is 4.77. The van der Waals surface area contributed by atoms with Gasteiger partial charge < -0.3 is 15.3 Å². The van der Waals surface area contributed by atoms with Gasteiger partial charge in [-0.2, -0.15) is 0 Å². The Labute approximate surface area is 181 Å². The average molecular weight is 420 g/mol. The zero-order chi connectivity index (χ0) is 22.1. The Kier molecular flexibility index (Phi) is 7.90. The molecule has 3 aromatic rings. The Hall–Kier alpha value is -3.51. The van der Waals surface area contributed by atoms with E-state index in [0.29, 0.717) is 29.9 Å². The highest BCUT2D eigenvalue weighted by Gasteiger charge is 2.06. The summed E-state index contributed by atoms with van der Waals surface area (Å²) < 4.78 is 14.4. The minimum absolute atomic E-state index is 0.0973. The Morgan fingerprint density at radius 2 is 1.74 bits per heavy atom. The van der Waals surface area contributed by atoms with Gasteiger partial charge in [0.15, 0.2) is 0 Å². The summed E-state index contributed by atoms with van der Waals surface area (Å²) in [5.41, 5.74) is 4.78. The van der Waals surface area contributed by atoms with Crippen LogP contribution >= 0.6 is 0 Å². The van der Waals surface area contributed by atoms with Crippen molar-refractivity contribution in [2.24, 2.45) is 5.16 Å². The number of oxime groups is 1. The molecule has 160 valence electrons. The van der Waals surface area contributed by atoms with E-state index in [1.165, 1.54) is 6.07 Å². The van der Waals surface area contributed by atoms with Gasteiger partial charge in [0, 0.05) is 18.7 Å². The van der Waals surface area contributed by atoms with Crippen LogP contribution in [0.15, 0.2) is 78.0 Å². The zero-order valence-electron chi connectivity index (χ0n) is 17.3. The van der Waals surface area contributed by atoms with Gasteiger partial charge in [0.05, 0.1) is 12.1 Å². The number of nitrogens with one attached hydrogen (secondary N) is 1. The molecule has 0 aliphatic heterocycles. The first kappa shape index (κ1) is 22.2. The van der Waals surface area contributed by atoms with Gasteiger partial charge in [0.25, 0.3) is 0 Å². The van der Waals surface area contributed by atoms with E-state index in [9.17, 15) is 9.18 Å². The smallest absolute Gasteiger partial charge is 0.304 e. The second kappa shape index (κ2) is 11.0. The van der Waals surface area contributed by atoms with Gasteiger partial charge >= 0.3 is 5.97 Å². The van der Waals surface area contributed by atoms with Crippen LogP contribution in [0.25, 0.3) is 11.1 Å². The van der Waals surface area contributed by atoms with Crippen molar-refractivity contribution in [3.05, 3.63) is 95.3 Å². The number of carboxylic acids is 1. The topological polar surface area (TPSA) is 70.9 Å². The lowest BCUT2D eigenvalue weighted by Crippen LogP contribution is -2.17. The molecule has 0 spiro atoms. The van der Waals surface area contributed by atoms with Crippen LogP contribution in [0.2, 0.25) is 0 Å². The van der Waals surface area contributed by atoms with Crippen LogP contribution in [-0.2, 0) is 22.8 Å². The Morgan fingerprint density at radius 3 is 2.42 bits per heavy atom. The number of carboxylic acid groups (broad SMARTS) is 1. The Morgan fingerprint density at radius 1 is 1.03 bits per heavy atom. The number of hydrogen-bond acceptors (Lipinski definition) is 4. The molecule has 0 saturated carbocycles. The van der Waals surface area contributed by atoms with E-state index in [2.05, 4.69) is 10.5 Å². The van der Waals surface area contributed by atoms with Gasteiger partial charge in [-0.1, -0.05) is 71.9 Å². The maximum Gasteiger partial charge on any atom is 0.304 e. The Bertz CT molecular complexity index is 1030. The summed E-state index contributed by atoms with van der Waals surface area (Å²) in [4.78, 5) is 15.9. The fraction of sp³-hybridized carbons (Fsp3) is 0.200. The predicted molar refractivity (Wildman–Crippen MR) is 119 cm³/mol. The molecule has 0 radical (unpaired) electrons. The van der Waals surface area contributed by atoms with Crippen molar-refractivity contribution < 1.29 is 19.1 Å². The molecule has 0 bridgehead atoms. The number of halogens is 1. The first-order chi connectivity index (χ1) is 15.0. The van der Waals surface area contributed by atoms with Gasteiger partial charge in [-0.05, 0) is 35.2 Å². The molecule has 5 nitrogen and oxygen atoms in total. The van der Waals surface area contributed by atoms with E-state index in [-0.39, 0.29) is 18.8 Å². The lowest BCUT2D eigenvalue weighted by Gasteiger charge is -2.07. The highest BCUT2D eigenvalue weighted by atomic mass is 19.1. The van der Waals surface area contributed by atoms with E-state index in [0.717, 1.165) is 16.7 Å². The summed E-state index contributed by atoms with van der Waals surface area (Å²) in [5, 5.41) is 15.9. The molecule has 0 saturated heterocycles. The Balaban J connectivity index is 1.52. The summed E-state index contributed by atoms with van der Waals surface area (Å²) in [6.45, 7) is 3.05. The third-order valence-corrected chi connectivity index (χ3v) is 4.77. The van der Waals surface area contributed by atoms with Crippen LogP contribution in [0.4, 0.5) is 4.39 Å². The fourth-order valence-electron chi connectivity index (χ4n) is 3.05. The second-order valence-electron chi connectivity index (χ2n) is 7.15. The molecule has 0 aliphatic rings. The molecule has 0 aromatic heterocycles. The summed E-state index contributed by atoms with van der Waals surface area (Å²) >= 11 is 0. The van der Waals surface area contributed by atoms with E-state index in [1.807, 2.05) is 67.6 Å². The number of carbonyl (C=O) groups is 1. The molecular weight excluding hydrogens is 395 g/mol. The quantitative estimate of drug-likeness (QED) is 0.275. The van der Waals surface area contributed by atoms with E-state index < -0.39 is 5.97 Å². The highest BCUT2D eigenvalue weighted by Crippen LogP contribution is 2.23. The average Bonchev–Trinajstić information content (AvgIpc) is 2.77. The van der Waals surface area contributed by atoms with Crippen LogP contribution in [0.3, 0.4) is 0 Å². The van der Waals surface area contributed by atoms with E-state index >= 15 is 0 Å². The van der Waals surface area contributed by atoms with Crippen molar-refractivity contribution in [1.82, 2.24) is 5.32 Å². The van der Waals surface area contributed by atoms with Crippen molar-refractivity contribution in [2.75, 3.05) is 6.54 Å². The molecule has 0 heterocycles. The van der Waals surface area contributed by atoms with Gasteiger partial charge in [0.1, 0.15) is 12.4 Å². The fourth-order valence-corrected chi connectivity index (χ4v) is 3.05. The normalized spacial score (nSPS) is 11.4. The summed E-state index contributed by atoms with van der Waals surface area (Å²) in [6.07, 6.45) is 0.0973. The molecule has 0 amide bonds. The van der Waals surface area contributed by atoms with Gasteiger partial charge in [0.2, 0.25) is 0 Å². The second-order valence-corrected chi connectivity index (χ2v) is 7.15. The molecule has 0 unspecified atom stereocenters. The summed E-state index contributed by atoms with van der Waals surface area (Å²) in [7, 11) is 0. The highest BCUT2D eigenvalue weighted by molar-refractivity contribution is 5.98. The van der Waals surface area contributed by atoms with Gasteiger partial charge in [-0.3, -0.25) is 4.79 Å². The molecule has 2 N–H and O–H groups in total. The van der Waals surface area contributed by atoms with Gasteiger partial charge in [-0.25, -0.2) is 4.39 Å². The van der Waals surface area contributed by atoms with E-state index in [4.69, 9.17) is 9.94 Å². The first-order valence-electron chi connectivity index (χ1n) is 10.0. The molecular formula is C25H25FN2O3. The van der Waals surface area contributed by atoms with Crippen LogP contribution in [0.1, 0.15) is 30.0 Å². The monoisotopic (exact) mass is 420 g/mol. The number of rotatable bonds is 10. The molecule has 6 heteroatoms. The van der Waals surface area contributed by atoms with Gasteiger partial charge in [-0.15, -0.1) is 0 Å². The first-order valence-corrected chi connectivity index (χ1v) is 10.0. The van der Waals surface area contributed by atoms with Crippen molar-refractivity contribution in [1.29, 1.82) is 0 Å². The SMILES string of the molecule is CC(=NOCc1ccc(-c2ccccc2)c(F)c1)c1ccc(CNCCC(=O)O)cc1. The zero-order valence-corrected chi connectivity index (χ0v) is 17.3. The molecule has 3 rings (SSSR count). The van der Waals surface area contributed by atoms with Crippen LogP contribution in [-0.4, -0.2) is 23.3 Å². The number of hydrogen-bond donors (Lipinski definition) is 2. The lowest BCUT2D eigenvalue weighted by molar-refractivity contribution is -0.136. The standard InChI is InChI=1S/C25H25FN2O3/c1-18(21-10-7-19(8-11-21)16-27-14-13-25(29)30)28-31-17-20-9-12-23(24(26)15-20)22-5-3-2-4-6-22/h2-12,15,27H,13-14,16-17H2,1H3,(H,29,30). The van der Waals surface area contributed by atoms with Crippen LogP contribution < -0.4 is 5.32 Å². The molecule has 31 heavy (non-hydrogen) atoms. The lowest BCUT2D eigenvalue weighted by atomic mass is 10.0. The van der Waals surface area contributed by atoms with Crippen molar-refractivity contribution >= 4 is 11.7 Å². The maximum absolute atomic E-state index is 14.4. The van der Waals surface area contributed by atoms with Crippen LogP contribution in [0, 0.1) is 5.82 Å². The molecule has 3 aromatic carbocycles. The summed E-state index contributed by atoms with van der Waals surface area (Å²) in [5.74, 6) is -1.11. The van der Waals surface area contributed by atoms with Crippen molar-refractivity contribution in [3.63, 3.8) is 0 Å². The molecule has 0 fully saturated rings. The number of aliphatic carboxylic acids is 1. The van der Waals surface area contributed by atoms with Crippen molar-refractivity contribution in [2.45, 2.75) is 26.5 Å². The minimum Gasteiger partial charge on any atom is -0.481 e. The van der Waals surface area contributed by atoms with Crippen molar-refractivity contribution in [3.8, 4) is 11.1 Å². The summed E-state index contributed by atoms with van der Waals surface area (Å²) in [6, 6.07) is 22.3. The van der Waals surface area contributed by atoms with E-state index in [1.54, 1.807) is 6.07 Å². The predicted octanol–water partition coefficient (Wildman–Crippen LogP) is 5.00. The maximum atomic E-state index is 14.4. The number of nitrogens with zero attached hydrogens (tertiary/aromatic N) is 1.